The van der Waals surface area contributed by atoms with Crippen LogP contribution in [-0.4, -0.2) is 26.2 Å². The van der Waals surface area contributed by atoms with Crippen molar-refractivity contribution in [3.63, 3.8) is 0 Å². The number of hydroxylamine groups is 1. The molecule has 0 atom stereocenters. The summed E-state index contributed by atoms with van der Waals surface area (Å²) in [5.41, 5.74) is 2.99. The van der Waals surface area contributed by atoms with Crippen LogP contribution < -0.4 is 5.48 Å². The second kappa shape index (κ2) is 6.37. The van der Waals surface area contributed by atoms with Crippen molar-refractivity contribution >= 4 is 17.5 Å². The summed E-state index contributed by atoms with van der Waals surface area (Å²) >= 11 is 6.00. The minimum atomic E-state index is -0.488. The van der Waals surface area contributed by atoms with E-state index in [2.05, 4.69) is 5.48 Å². The Kier molecular flexibility index (Phi) is 4.80. The fourth-order valence-corrected chi connectivity index (χ4v) is 2.49. The first-order valence-electron chi connectivity index (χ1n) is 6.36. The van der Waals surface area contributed by atoms with Crippen LogP contribution in [0.2, 0.25) is 5.02 Å². The zero-order valence-electron chi connectivity index (χ0n) is 10.9. The summed E-state index contributed by atoms with van der Waals surface area (Å²) in [6, 6.07) is 7.48. The lowest BCUT2D eigenvalue weighted by atomic mass is 9.64. The summed E-state index contributed by atoms with van der Waals surface area (Å²) in [5.74, 6) is -0.0999. The minimum Gasteiger partial charge on any atom is -0.382 e. The highest BCUT2D eigenvalue weighted by atomic mass is 35.5. The molecule has 2 rings (SSSR count). The quantitative estimate of drug-likeness (QED) is 0.644. The molecule has 0 saturated heterocycles. The lowest BCUT2D eigenvalue weighted by molar-refractivity contribution is -0.144. The van der Waals surface area contributed by atoms with Gasteiger partial charge in [-0.3, -0.25) is 9.63 Å². The molecule has 1 aliphatic carbocycles. The van der Waals surface area contributed by atoms with E-state index in [9.17, 15) is 4.79 Å². The molecule has 0 unspecified atom stereocenters. The van der Waals surface area contributed by atoms with Crippen LogP contribution >= 0.6 is 11.6 Å². The highest BCUT2D eigenvalue weighted by molar-refractivity contribution is 6.30. The van der Waals surface area contributed by atoms with Gasteiger partial charge in [-0.05, 0) is 30.5 Å². The van der Waals surface area contributed by atoms with Gasteiger partial charge in [0.25, 0.3) is 5.91 Å². The Labute approximate surface area is 118 Å². The van der Waals surface area contributed by atoms with Crippen molar-refractivity contribution in [2.75, 3.05) is 20.3 Å². The van der Waals surface area contributed by atoms with Gasteiger partial charge in [0, 0.05) is 12.1 Å². The van der Waals surface area contributed by atoms with Gasteiger partial charge in [-0.15, -0.1) is 0 Å². The summed E-state index contributed by atoms with van der Waals surface area (Å²) in [6.07, 6.45) is 2.69. The topological polar surface area (TPSA) is 47.6 Å². The highest BCUT2D eigenvalue weighted by Gasteiger charge is 2.45. The number of hydrogen-bond donors (Lipinski definition) is 1. The lowest BCUT2D eigenvalue weighted by Gasteiger charge is -2.40. The Balaban J connectivity index is 2.03. The second-order valence-corrected chi connectivity index (χ2v) is 5.15. The maximum atomic E-state index is 12.3. The third-order valence-corrected chi connectivity index (χ3v) is 3.81. The number of nitrogens with one attached hydrogen (secondary N) is 1. The monoisotopic (exact) mass is 283 g/mol. The van der Waals surface area contributed by atoms with Crippen LogP contribution in [0.4, 0.5) is 0 Å². The molecule has 4 nitrogen and oxygen atoms in total. The van der Waals surface area contributed by atoms with Crippen LogP contribution in [0.25, 0.3) is 0 Å². The highest BCUT2D eigenvalue weighted by Crippen LogP contribution is 2.44. The molecule has 0 aliphatic heterocycles. The third kappa shape index (κ3) is 3.08. The molecule has 1 fully saturated rings. The molecule has 0 aromatic heterocycles. The number of benzene rings is 1. The van der Waals surface area contributed by atoms with Crippen LogP contribution in [0.5, 0.6) is 0 Å². The molecule has 0 bridgehead atoms. The predicted octanol–water partition coefficient (Wildman–Crippen LogP) is 2.46. The van der Waals surface area contributed by atoms with Crippen LogP contribution in [-0.2, 0) is 19.8 Å². The number of methoxy groups -OCH3 is 1. The van der Waals surface area contributed by atoms with Gasteiger partial charge in [-0.1, -0.05) is 30.2 Å². The van der Waals surface area contributed by atoms with Gasteiger partial charge < -0.3 is 4.74 Å². The molecule has 1 saturated carbocycles. The van der Waals surface area contributed by atoms with Gasteiger partial charge in [0.15, 0.2) is 0 Å². The summed E-state index contributed by atoms with van der Waals surface area (Å²) < 4.78 is 4.86. The Morgan fingerprint density at radius 3 is 2.79 bits per heavy atom. The average Bonchev–Trinajstić information content (AvgIpc) is 2.33. The molecule has 1 aliphatic rings. The van der Waals surface area contributed by atoms with Gasteiger partial charge in [-0.25, -0.2) is 5.48 Å². The first-order chi connectivity index (χ1) is 9.19. The summed E-state index contributed by atoms with van der Waals surface area (Å²) in [5, 5.41) is 0.650. The zero-order valence-corrected chi connectivity index (χ0v) is 11.7. The van der Waals surface area contributed by atoms with E-state index in [0.29, 0.717) is 18.2 Å². The number of carbonyl (C=O) groups is 1. The van der Waals surface area contributed by atoms with E-state index in [1.165, 1.54) is 0 Å². The molecule has 5 heteroatoms. The van der Waals surface area contributed by atoms with E-state index >= 15 is 0 Å². The Morgan fingerprint density at radius 2 is 2.21 bits per heavy atom. The predicted molar refractivity (Wildman–Crippen MR) is 73.0 cm³/mol. The lowest BCUT2D eigenvalue weighted by Crippen LogP contribution is -2.49. The Morgan fingerprint density at radius 1 is 1.42 bits per heavy atom. The van der Waals surface area contributed by atoms with E-state index < -0.39 is 5.41 Å². The van der Waals surface area contributed by atoms with Crippen molar-refractivity contribution < 1.29 is 14.4 Å². The molecule has 19 heavy (non-hydrogen) atoms. The first kappa shape index (κ1) is 14.3. The molecule has 0 heterocycles. The minimum absolute atomic E-state index is 0.0999. The molecular weight excluding hydrogens is 266 g/mol. The van der Waals surface area contributed by atoms with Crippen molar-refractivity contribution in [2.45, 2.75) is 24.7 Å². The largest absolute Gasteiger partial charge is 0.382 e. The number of hydrogen-bond acceptors (Lipinski definition) is 3. The molecule has 0 spiro atoms. The molecule has 0 radical (unpaired) electrons. The van der Waals surface area contributed by atoms with Crippen molar-refractivity contribution in [2.24, 2.45) is 0 Å². The van der Waals surface area contributed by atoms with Gasteiger partial charge >= 0.3 is 0 Å². The van der Waals surface area contributed by atoms with Crippen LogP contribution in [0.3, 0.4) is 0 Å². The normalized spacial score (nSPS) is 16.7. The van der Waals surface area contributed by atoms with E-state index in [4.69, 9.17) is 21.2 Å². The maximum absolute atomic E-state index is 12.3. The SMILES string of the molecule is COCCONC(=O)C1(c2cccc(Cl)c2)CCC1. The molecule has 1 N–H and O–H groups in total. The van der Waals surface area contributed by atoms with Crippen LogP contribution in [0, 0.1) is 0 Å². The van der Waals surface area contributed by atoms with Gasteiger partial charge in [0.1, 0.15) is 0 Å². The number of halogens is 1. The van der Waals surface area contributed by atoms with Crippen molar-refractivity contribution in [3.05, 3.63) is 34.9 Å². The number of carbonyl (C=O) groups excluding carboxylic acids is 1. The summed E-state index contributed by atoms with van der Waals surface area (Å²) in [7, 11) is 1.59. The van der Waals surface area contributed by atoms with E-state index in [1.54, 1.807) is 7.11 Å². The molecule has 1 aromatic carbocycles. The standard InChI is InChI=1S/C14H18ClNO3/c1-18-8-9-19-16-13(17)14(6-3-7-14)11-4-2-5-12(15)10-11/h2,4-5,10H,3,6-9H2,1H3,(H,16,17). The Bertz CT molecular complexity index is 446. The summed E-state index contributed by atoms with van der Waals surface area (Å²) in [4.78, 5) is 17.4. The molecule has 104 valence electrons. The van der Waals surface area contributed by atoms with E-state index in [-0.39, 0.29) is 5.91 Å². The Hall–Kier alpha value is -1.10. The van der Waals surface area contributed by atoms with Crippen molar-refractivity contribution in [3.8, 4) is 0 Å². The van der Waals surface area contributed by atoms with Crippen molar-refractivity contribution in [1.29, 1.82) is 0 Å². The van der Waals surface area contributed by atoms with Crippen LogP contribution in [0.15, 0.2) is 24.3 Å². The fraction of sp³-hybridized carbons (Fsp3) is 0.500. The van der Waals surface area contributed by atoms with Gasteiger partial charge in [-0.2, -0.15) is 0 Å². The van der Waals surface area contributed by atoms with E-state index in [0.717, 1.165) is 24.8 Å². The first-order valence-corrected chi connectivity index (χ1v) is 6.74. The smallest absolute Gasteiger partial charge is 0.254 e. The maximum Gasteiger partial charge on any atom is 0.254 e. The zero-order chi connectivity index (χ0) is 13.7. The summed E-state index contributed by atoms with van der Waals surface area (Å²) in [6.45, 7) is 0.790. The average molecular weight is 284 g/mol. The molecular formula is C14H18ClNO3. The van der Waals surface area contributed by atoms with Gasteiger partial charge in [0.05, 0.1) is 18.6 Å². The van der Waals surface area contributed by atoms with Crippen molar-refractivity contribution in [1.82, 2.24) is 5.48 Å². The van der Waals surface area contributed by atoms with Gasteiger partial charge in [0.2, 0.25) is 0 Å². The number of amides is 1. The van der Waals surface area contributed by atoms with Crippen LogP contribution in [0.1, 0.15) is 24.8 Å². The third-order valence-electron chi connectivity index (χ3n) is 3.57. The molecule has 1 aromatic rings. The second-order valence-electron chi connectivity index (χ2n) is 4.72. The number of rotatable bonds is 6. The van der Waals surface area contributed by atoms with E-state index in [1.807, 2.05) is 24.3 Å². The fourth-order valence-electron chi connectivity index (χ4n) is 2.30. The number of ether oxygens (including phenoxy) is 1. The molecule has 1 amide bonds.